The van der Waals surface area contributed by atoms with Crippen LogP contribution in [0.5, 0.6) is 0 Å². The van der Waals surface area contributed by atoms with Crippen molar-refractivity contribution in [2.45, 2.75) is 56.9 Å². The average molecular weight is 459 g/mol. The lowest BCUT2D eigenvalue weighted by Crippen LogP contribution is -2.29. The van der Waals surface area contributed by atoms with Crippen LogP contribution in [0.1, 0.15) is 36.8 Å². The van der Waals surface area contributed by atoms with E-state index in [2.05, 4.69) is 13.8 Å². The molecule has 0 unspecified atom stereocenters. The van der Waals surface area contributed by atoms with Crippen LogP contribution in [0.4, 0.5) is 0 Å². The van der Waals surface area contributed by atoms with Gasteiger partial charge in [0.2, 0.25) is 0 Å². The second kappa shape index (κ2) is 9.14. The van der Waals surface area contributed by atoms with Crippen molar-refractivity contribution >= 4 is 39.3 Å². The summed E-state index contributed by atoms with van der Waals surface area (Å²) in [5.41, 5.74) is 2.02. The molecule has 0 fully saturated rings. The Morgan fingerprint density at radius 1 is 1.32 bits per heavy atom. The number of hydrogen-bond acceptors (Lipinski definition) is 7. The van der Waals surface area contributed by atoms with Crippen molar-refractivity contribution in [3.8, 4) is 0 Å². The quantitative estimate of drug-likeness (QED) is 0.312. The van der Waals surface area contributed by atoms with Gasteiger partial charge in [0.15, 0.2) is 5.16 Å². The summed E-state index contributed by atoms with van der Waals surface area (Å²) in [4.78, 5) is 32.4. The normalized spacial score (nSPS) is 17.0. The highest BCUT2D eigenvalue weighted by Crippen LogP contribution is 2.36. The Morgan fingerprint density at radius 3 is 2.74 bits per heavy atom. The van der Waals surface area contributed by atoms with Crippen LogP contribution in [0, 0.1) is 5.92 Å². The van der Waals surface area contributed by atoms with Crippen molar-refractivity contribution in [3.05, 3.63) is 56.7 Å². The summed E-state index contributed by atoms with van der Waals surface area (Å²) >= 11 is 2.77. The predicted molar refractivity (Wildman–Crippen MR) is 124 cm³/mol. The third kappa shape index (κ3) is 4.42. The van der Waals surface area contributed by atoms with Crippen molar-refractivity contribution in [1.29, 1.82) is 0 Å². The number of hydrogen-bond donors (Lipinski definition) is 0. The van der Waals surface area contributed by atoms with Crippen LogP contribution < -0.4 is 5.56 Å². The van der Waals surface area contributed by atoms with Gasteiger partial charge in [-0.2, -0.15) is 0 Å². The average Bonchev–Trinajstić information content (AvgIpc) is 3.13. The van der Waals surface area contributed by atoms with Crippen LogP contribution in [-0.4, -0.2) is 34.0 Å². The molecule has 1 aliphatic heterocycles. The van der Waals surface area contributed by atoms with E-state index in [1.807, 2.05) is 30.3 Å². The summed E-state index contributed by atoms with van der Waals surface area (Å²) < 4.78 is 12.6. The fourth-order valence-corrected chi connectivity index (χ4v) is 5.84. The fourth-order valence-electron chi connectivity index (χ4n) is 3.74. The first-order chi connectivity index (χ1) is 14.9. The van der Waals surface area contributed by atoms with Gasteiger partial charge in [0, 0.05) is 11.3 Å². The van der Waals surface area contributed by atoms with Gasteiger partial charge in [0.1, 0.15) is 10.1 Å². The van der Waals surface area contributed by atoms with Crippen LogP contribution in [-0.2, 0) is 33.8 Å². The number of carbonyl (C=O) groups is 1. The van der Waals surface area contributed by atoms with Crippen LogP contribution in [0.3, 0.4) is 0 Å². The van der Waals surface area contributed by atoms with Crippen molar-refractivity contribution in [3.63, 3.8) is 0 Å². The topological polar surface area (TPSA) is 70.4 Å². The number of thiophene rings is 1. The van der Waals surface area contributed by atoms with Crippen molar-refractivity contribution < 1.29 is 14.3 Å². The highest BCUT2D eigenvalue weighted by atomic mass is 32.2. The molecule has 0 spiro atoms. The maximum absolute atomic E-state index is 13.7. The number of esters is 1. The number of ether oxygens (including phenoxy) is 2. The number of nitrogens with zero attached hydrogens (tertiary/aromatic N) is 2. The fraction of sp³-hybridized carbons (Fsp3) is 0.435. The SMILES string of the molecule is COC(=O)[C@H](C)Sc1nc2sc3c(c2c(=O)n1Cc1ccccc1)C[C@@H](C(C)C)OC3. The van der Waals surface area contributed by atoms with E-state index < -0.39 is 5.25 Å². The maximum atomic E-state index is 13.7. The van der Waals surface area contributed by atoms with Gasteiger partial charge in [-0.05, 0) is 24.0 Å². The number of methoxy groups -OCH3 is 1. The summed E-state index contributed by atoms with van der Waals surface area (Å²) in [6.07, 6.45) is 0.820. The van der Waals surface area contributed by atoms with Crippen LogP contribution >= 0.6 is 23.1 Å². The molecule has 0 aliphatic carbocycles. The minimum Gasteiger partial charge on any atom is -0.468 e. The monoisotopic (exact) mass is 458 g/mol. The van der Waals surface area contributed by atoms with E-state index in [9.17, 15) is 9.59 Å². The number of rotatable bonds is 6. The molecule has 1 aromatic carbocycles. The number of carbonyl (C=O) groups excluding carboxylic acids is 1. The van der Waals surface area contributed by atoms with E-state index in [0.29, 0.717) is 34.4 Å². The van der Waals surface area contributed by atoms with Crippen molar-refractivity contribution in [2.24, 2.45) is 5.92 Å². The number of fused-ring (bicyclic) bond motifs is 3. The standard InChI is InChI=1S/C23H26N2O4S2/c1-13(2)17-10-16-18(12-29-17)31-20-19(16)21(26)25(11-15-8-6-5-7-9-15)23(24-20)30-14(3)22(27)28-4/h5-9,13-14,17H,10-12H2,1-4H3/t14-,17-/m0/s1. The third-order valence-electron chi connectivity index (χ3n) is 5.54. The Morgan fingerprint density at radius 2 is 2.06 bits per heavy atom. The number of benzene rings is 1. The second-order valence-corrected chi connectivity index (χ2v) is 10.4. The van der Waals surface area contributed by atoms with Gasteiger partial charge in [-0.25, -0.2) is 4.98 Å². The van der Waals surface area contributed by atoms with Crippen LogP contribution in [0.2, 0.25) is 0 Å². The second-order valence-electron chi connectivity index (χ2n) is 8.04. The van der Waals surface area contributed by atoms with Gasteiger partial charge in [0.25, 0.3) is 5.56 Å². The smallest absolute Gasteiger partial charge is 0.318 e. The molecule has 4 rings (SSSR count). The molecule has 8 heteroatoms. The van der Waals surface area contributed by atoms with E-state index in [0.717, 1.165) is 22.4 Å². The van der Waals surface area contributed by atoms with Gasteiger partial charge in [-0.1, -0.05) is 55.9 Å². The van der Waals surface area contributed by atoms with E-state index in [1.165, 1.54) is 30.2 Å². The van der Waals surface area contributed by atoms with Crippen LogP contribution in [0.25, 0.3) is 10.2 Å². The lowest BCUT2D eigenvalue weighted by atomic mass is 9.96. The maximum Gasteiger partial charge on any atom is 0.318 e. The molecule has 1 aliphatic rings. The highest BCUT2D eigenvalue weighted by molar-refractivity contribution is 8.00. The van der Waals surface area contributed by atoms with Crippen molar-refractivity contribution in [1.82, 2.24) is 9.55 Å². The Bertz CT molecular complexity index is 1150. The Balaban J connectivity index is 1.85. The molecule has 2 aromatic heterocycles. The molecule has 0 radical (unpaired) electrons. The molecule has 0 bridgehead atoms. The summed E-state index contributed by atoms with van der Waals surface area (Å²) in [5.74, 6) is 0.0302. The van der Waals surface area contributed by atoms with E-state index in [1.54, 1.807) is 11.5 Å². The molecule has 2 atom stereocenters. The minimum atomic E-state index is -0.473. The Labute approximate surface area is 189 Å². The molecule has 6 nitrogen and oxygen atoms in total. The molecule has 0 saturated carbocycles. The summed E-state index contributed by atoms with van der Waals surface area (Å²) in [5, 5.41) is 0.749. The number of thioether (sulfide) groups is 1. The van der Waals surface area contributed by atoms with Gasteiger partial charge >= 0.3 is 5.97 Å². The van der Waals surface area contributed by atoms with Gasteiger partial charge in [-0.15, -0.1) is 11.3 Å². The van der Waals surface area contributed by atoms with Gasteiger partial charge in [-0.3, -0.25) is 14.2 Å². The number of aromatic nitrogens is 2. The van der Waals surface area contributed by atoms with Gasteiger partial charge < -0.3 is 9.47 Å². The predicted octanol–water partition coefficient (Wildman–Crippen LogP) is 4.26. The molecule has 0 amide bonds. The summed E-state index contributed by atoms with van der Waals surface area (Å²) in [6, 6.07) is 9.82. The Hall–Kier alpha value is -2.16. The van der Waals surface area contributed by atoms with Gasteiger partial charge in [0.05, 0.1) is 31.8 Å². The first-order valence-electron chi connectivity index (χ1n) is 10.3. The summed E-state index contributed by atoms with van der Waals surface area (Å²) in [7, 11) is 1.37. The highest BCUT2D eigenvalue weighted by Gasteiger charge is 2.29. The zero-order chi connectivity index (χ0) is 22.1. The molecule has 0 N–H and O–H groups in total. The first-order valence-corrected chi connectivity index (χ1v) is 12.0. The zero-order valence-electron chi connectivity index (χ0n) is 18.1. The molecule has 31 heavy (non-hydrogen) atoms. The van der Waals surface area contributed by atoms with Crippen molar-refractivity contribution in [2.75, 3.05) is 7.11 Å². The molecular formula is C23H26N2O4S2. The zero-order valence-corrected chi connectivity index (χ0v) is 19.7. The summed E-state index contributed by atoms with van der Waals surface area (Å²) in [6.45, 7) is 6.95. The lowest BCUT2D eigenvalue weighted by molar-refractivity contribution is -0.139. The minimum absolute atomic E-state index is 0.0599. The Kier molecular flexibility index (Phi) is 6.50. The van der Waals surface area contributed by atoms with E-state index in [-0.39, 0.29) is 17.6 Å². The largest absolute Gasteiger partial charge is 0.468 e. The van der Waals surface area contributed by atoms with E-state index >= 15 is 0 Å². The lowest BCUT2D eigenvalue weighted by Gasteiger charge is -2.26. The molecule has 3 heterocycles. The molecule has 3 aromatic rings. The molecule has 0 saturated heterocycles. The van der Waals surface area contributed by atoms with E-state index in [4.69, 9.17) is 14.5 Å². The third-order valence-corrected chi connectivity index (χ3v) is 7.70. The first kappa shape index (κ1) is 22.0. The van der Waals surface area contributed by atoms with Crippen LogP contribution in [0.15, 0.2) is 40.3 Å². The molecule has 164 valence electrons. The molecular weight excluding hydrogens is 432 g/mol.